The molecule has 1 saturated heterocycles. The van der Waals surface area contributed by atoms with E-state index in [1.165, 1.54) is 9.80 Å². The van der Waals surface area contributed by atoms with Crippen LogP contribution in [0.15, 0.2) is 60.7 Å². The first-order chi connectivity index (χ1) is 9.70. The minimum Gasteiger partial charge on any atom is -0.281 e. The summed E-state index contributed by atoms with van der Waals surface area (Å²) < 4.78 is 0. The van der Waals surface area contributed by atoms with Gasteiger partial charge in [0.1, 0.15) is 6.04 Å². The van der Waals surface area contributed by atoms with Crippen molar-refractivity contribution in [3.05, 3.63) is 60.7 Å². The van der Waals surface area contributed by atoms with Crippen molar-refractivity contribution in [3.8, 4) is 0 Å². The average Bonchev–Trinajstić information content (AvgIpc) is 2.71. The smallest absolute Gasteiger partial charge is 0.281 e. The molecular weight excluding hydrogens is 252 g/mol. The molecule has 0 saturated carbocycles. The number of para-hydroxylation sites is 2. The van der Waals surface area contributed by atoms with Gasteiger partial charge in [-0.2, -0.15) is 0 Å². The Kier molecular flexibility index (Phi) is 2.99. The molecular formula is C16H14N2O2. The molecule has 1 fully saturated rings. The molecule has 20 heavy (non-hydrogen) atoms. The first-order valence-corrected chi connectivity index (χ1v) is 6.47. The highest BCUT2D eigenvalue weighted by Gasteiger charge is 2.43. The van der Waals surface area contributed by atoms with E-state index >= 15 is 0 Å². The number of hydrogen-bond acceptors (Lipinski definition) is 2. The molecule has 3 amide bonds. The topological polar surface area (TPSA) is 40.6 Å². The van der Waals surface area contributed by atoms with Crippen LogP contribution in [0.4, 0.5) is 16.2 Å². The maximum absolute atomic E-state index is 12.6. The first kappa shape index (κ1) is 12.4. The SMILES string of the molecule is C[C@H]1C(=O)N(c2ccccc2)C(=O)N1c1ccccc1. The van der Waals surface area contributed by atoms with E-state index < -0.39 is 6.04 Å². The van der Waals surface area contributed by atoms with Gasteiger partial charge in [-0.15, -0.1) is 0 Å². The third kappa shape index (κ3) is 1.86. The van der Waals surface area contributed by atoms with Crippen molar-refractivity contribution >= 4 is 23.3 Å². The fraction of sp³-hybridized carbons (Fsp3) is 0.125. The standard InChI is InChI=1S/C16H14N2O2/c1-12-15(19)18(14-10-6-3-7-11-14)16(20)17(12)13-8-4-2-5-9-13/h2-12H,1H3/t12-/m0/s1. The molecule has 0 unspecified atom stereocenters. The Balaban J connectivity index is 2.01. The van der Waals surface area contributed by atoms with E-state index in [-0.39, 0.29) is 11.9 Å². The van der Waals surface area contributed by atoms with Crippen molar-refractivity contribution < 1.29 is 9.59 Å². The summed E-state index contributed by atoms with van der Waals surface area (Å²) in [4.78, 5) is 27.7. The van der Waals surface area contributed by atoms with Gasteiger partial charge in [0.25, 0.3) is 5.91 Å². The normalized spacial score (nSPS) is 18.8. The summed E-state index contributed by atoms with van der Waals surface area (Å²) in [5.41, 5.74) is 1.34. The molecule has 0 spiro atoms. The molecule has 1 heterocycles. The predicted octanol–water partition coefficient (Wildman–Crippen LogP) is 3.05. The van der Waals surface area contributed by atoms with Crippen LogP contribution in [0.25, 0.3) is 0 Å². The van der Waals surface area contributed by atoms with Crippen molar-refractivity contribution in [2.75, 3.05) is 9.80 Å². The van der Waals surface area contributed by atoms with Crippen molar-refractivity contribution in [1.29, 1.82) is 0 Å². The molecule has 4 nitrogen and oxygen atoms in total. The van der Waals surface area contributed by atoms with Gasteiger partial charge in [0, 0.05) is 5.69 Å². The number of amides is 3. The van der Waals surface area contributed by atoms with E-state index in [0.29, 0.717) is 5.69 Å². The molecule has 1 aliphatic rings. The third-order valence-electron chi connectivity index (χ3n) is 3.41. The Morgan fingerprint density at radius 1 is 0.800 bits per heavy atom. The lowest BCUT2D eigenvalue weighted by molar-refractivity contribution is -0.117. The number of carbonyl (C=O) groups excluding carboxylic acids is 2. The van der Waals surface area contributed by atoms with E-state index in [4.69, 9.17) is 0 Å². The summed E-state index contributed by atoms with van der Waals surface area (Å²) in [5.74, 6) is -0.204. The summed E-state index contributed by atoms with van der Waals surface area (Å²) in [6, 6.07) is 17.4. The maximum atomic E-state index is 12.6. The number of nitrogens with zero attached hydrogens (tertiary/aromatic N) is 2. The maximum Gasteiger partial charge on any atom is 0.336 e. The molecule has 100 valence electrons. The van der Waals surface area contributed by atoms with Crippen LogP contribution in [0.2, 0.25) is 0 Å². The second kappa shape index (κ2) is 4.81. The van der Waals surface area contributed by atoms with Crippen LogP contribution in [0.5, 0.6) is 0 Å². The van der Waals surface area contributed by atoms with Crippen LogP contribution in [0.3, 0.4) is 0 Å². The first-order valence-electron chi connectivity index (χ1n) is 6.47. The highest BCUT2D eigenvalue weighted by molar-refractivity contribution is 6.28. The number of hydrogen-bond donors (Lipinski definition) is 0. The van der Waals surface area contributed by atoms with Crippen LogP contribution in [-0.4, -0.2) is 18.0 Å². The molecule has 2 aromatic rings. The molecule has 1 aliphatic heterocycles. The third-order valence-corrected chi connectivity index (χ3v) is 3.41. The minimum absolute atomic E-state index is 0.204. The van der Waals surface area contributed by atoms with Gasteiger partial charge in [-0.1, -0.05) is 36.4 Å². The van der Waals surface area contributed by atoms with Gasteiger partial charge in [-0.05, 0) is 31.2 Å². The number of anilines is 2. The van der Waals surface area contributed by atoms with E-state index in [0.717, 1.165) is 5.69 Å². The Morgan fingerprint density at radius 2 is 1.30 bits per heavy atom. The summed E-state index contributed by atoms with van der Waals surface area (Å²) in [7, 11) is 0. The van der Waals surface area contributed by atoms with Gasteiger partial charge in [0.2, 0.25) is 0 Å². The molecule has 0 aliphatic carbocycles. The zero-order valence-electron chi connectivity index (χ0n) is 11.1. The predicted molar refractivity (Wildman–Crippen MR) is 77.7 cm³/mol. The highest BCUT2D eigenvalue weighted by Crippen LogP contribution is 2.29. The Bertz CT molecular complexity index is 640. The van der Waals surface area contributed by atoms with Gasteiger partial charge >= 0.3 is 6.03 Å². The van der Waals surface area contributed by atoms with Gasteiger partial charge in [-0.3, -0.25) is 9.69 Å². The van der Waals surface area contributed by atoms with Crippen LogP contribution in [0, 0.1) is 0 Å². The second-order valence-electron chi connectivity index (χ2n) is 4.67. The summed E-state index contributed by atoms with van der Waals surface area (Å²) >= 11 is 0. The Morgan fingerprint density at radius 3 is 1.85 bits per heavy atom. The van der Waals surface area contributed by atoms with Gasteiger partial charge in [0.15, 0.2) is 0 Å². The highest BCUT2D eigenvalue weighted by atomic mass is 16.2. The number of urea groups is 1. The molecule has 0 N–H and O–H groups in total. The van der Waals surface area contributed by atoms with Crippen LogP contribution < -0.4 is 9.80 Å². The lowest BCUT2D eigenvalue weighted by atomic mass is 10.2. The van der Waals surface area contributed by atoms with Crippen LogP contribution >= 0.6 is 0 Å². The number of rotatable bonds is 2. The molecule has 0 radical (unpaired) electrons. The molecule has 4 heteroatoms. The lowest BCUT2D eigenvalue weighted by Crippen LogP contribution is -2.33. The fourth-order valence-corrected chi connectivity index (χ4v) is 2.40. The van der Waals surface area contributed by atoms with Crippen molar-refractivity contribution in [2.45, 2.75) is 13.0 Å². The van der Waals surface area contributed by atoms with Gasteiger partial charge in [0.05, 0.1) is 5.69 Å². The largest absolute Gasteiger partial charge is 0.336 e. The van der Waals surface area contributed by atoms with Crippen molar-refractivity contribution in [1.82, 2.24) is 0 Å². The van der Waals surface area contributed by atoms with Gasteiger partial charge in [-0.25, -0.2) is 9.69 Å². The zero-order chi connectivity index (χ0) is 14.1. The number of benzene rings is 2. The molecule has 0 bridgehead atoms. The Labute approximate surface area is 117 Å². The molecule has 2 aromatic carbocycles. The molecule has 3 rings (SSSR count). The van der Waals surface area contributed by atoms with E-state index in [1.54, 1.807) is 19.1 Å². The monoisotopic (exact) mass is 266 g/mol. The molecule has 1 atom stereocenters. The quantitative estimate of drug-likeness (QED) is 0.784. The Hall–Kier alpha value is -2.62. The number of carbonyl (C=O) groups is 2. The molecule has 0 aromatic heterocycles. The minimum atomic E-state index is -0.495. The van der Waals surface area contributed by atoms with E-state index in [1.807, 2.05) is 48.5 Å². The zero-order valence-corrected chi connectivity index (χ0v) is 11.1. The summed E-state index contributed by atoms with van der Waals surface area (Å²) in [6.45, 7) is 1.75. The van der Waals surface area contributed by atoms with Gasteiger partial charge < -0.3 is 0 Å². The summed E-state index contributed by atoms with van der Waals surface area (Å²) in [6.07, 6.45) is 0. The lowest BCUT2D eigenvalue weighted by Gasteiger charge is -2.19. The van der Waals surface area contributed by atoms with Crippen molar-refractivity contribution in [2.24, 2.45) is 0 Å². The van der Waals surface area contributed by atoms with E-state index in [9.17, 15) is 9.59 Å². The second-order valence-corrected chi connectivity index (χ2v) is 4.67. The number of imide groups is 1. The summed E-state index contributed by atoms with van der Waals surface area (Å²) in [5, 5.41) is 0. The van der Waals surface area contributed by atoms with Crippen LogP contribution in [0.1, 0.15) is 6.92 Å². The van der Waals surface area contributed by atoms with Crippen molar-refractivity contribution in [3.63, 3.8) is 0 Å². The average molecular weight is 266 g/mol. The fourth-order valence-electron chi connectivity index (χ4n) is 2.40. The van der Waals surface area contributed by atoms with Crippen LogP contribution in [-0.2, 0) is 4.79 Å². The van der Waals surface area contributed by atoms with E-state index in [2.05, 4.69) is 0 Å².